The minimum Gasteiger partial charge on any atom is -0.207 e. The van der Waals surface area contributed by atoms with E-state index in [4.69, 9.17) is 0 Å². The van der Waals surface area contributed by atoms with Gasteiger partial charge in [0.2, 0.25) is 20.0 Å². The SMILES string of the molecule is C=C1CCC2(CCN(S(=O)(=O)c3ccc(C)cc3)CC2)N(S(=O)(=O)c2ccc(C)cc2)C1. The lowest BCUT2D eigenvalue weighted by Crippen LogP contribution is -2.60. The van der Waals surface area contributed by atoms with Crippen LogP contribution in [0.5, 0.6) is 0 Å². The molecule has 2 aromatic carbocycles. The average molecular weight is 475 g/mol. The zero-order valence-corrected chi connectivity index (χ0v) is 20.3. The molecular weight excluding hydrogens is 444 g/mol. The Morgan fingerprint density at radius 3 is 1.72 bits per heavy atom. The van der Waals surface area contributed by atoms with Crippen LogP contribution in [0.3, 0.4) is 0 Å². The molecule has 32 heavy (non-hydrogen) atoms. The molecule has 0 amide bonds. The number of rotatable bonds is 4. The lowest BCUT2D eigenvalue weighted by atomic mass is 9.80. The lowest BCUT2D eigenvalue weighted by molar-refractivity contribution is 0.0902. The van der Waals surface area contributed by atoms with Crippen molar-refractivity contribution in [1.82, 2.24) is 8.61 Å². The second-order valence-corrected chi connectivity index (χ2v) is 12.8. The number of nitrogens with zero attached hydrogens (tertiary/aromatic N) is 2. The van der Waals surface area contributed by atoms with Gasteiger partial charge in [-0.05, 0) is 63.8 Å². The highest BCUT2D eigenvalue weighted by Gasteiger charge is 2.49. The monoisotopic (exact) mass is 474 g/mol. The predicted octanol–water partition coefficient (Wildman–Crippen LogP) is 3.87. The van der Waals surface area contributed by atoms with Gasteiger partial charge in [0.05, 0.1) is 9.79 Å². The largest absolute Gasteiger partial charge is 0.243 e. The van der Waals surface area contributed by atoms with Crippen LogP contribution in [0.15, 0.2) is 70.5 Å². The molecule has 2 aliphatic rings. The van der Waals surface area contributed by atoms with Crippen molar-refractivity contribution in [2.45, 2.75) is 54.9 Å². The van der Waals surface area contributed by atoms with Crippen LogP contribution in [0.4, 0.5) is 0 Å². The van der Waals surface area contributed by atoms with Crippen molar-refractivity contribution in [3.8, 4) is 0 Å². The van der Waals surface area contributed by atoms with Crippen LogP contribution in [0.1, 0.15) is 36.8 Å². The van der Waals surface area contributed by atoms with Gasteiger partial charge in [0, 0.05) is 25.2 Å². The van der Waals surface area contributed by atoms with Gasteiger partial charge in [0.1, 0.15) is 0 Å². The number of hydrogen-bond donors (Lipinski definition) is 0. The van der Waals surface area contributed by atoms with Crippen LogP contribution < -0.4 is 0 Å². The highest BCUT2D eigenvalue weighted by atomic mass is 32.2. The molecule has 8 heteroatoms. The Morgan fingerprint density at radius 2 is 1.22 bits per heavy atom. The summed E-state index contributed by atoms with van der Waals surface area (Å²) in [6, 6.07) is 13.7. The Balaban J connectivity index is 1.61. The molecule has 2 heterocycles. The lowest BCUT2D eigenvalue weighted by Gasteiger charge is -2.50. The van der Waals surface area contributed by atoms with Crippen LogP contribution in [0.2, 0.25) is 0 Å². The van der Waals surface area contributed by atoms with E-state index in [2.05, 4.69) is 6.58 Å². The Morgan fingerprint density at radius 1 is 0.750 bits per heavy atom. The van der Waals surface area contributed by atoms with Gasteiger partial charge in [0.25, 0.3) is 0 Å². The second kappa shape index (κ2) is 8.41. The Hall–Kier alpha value is -2.00. The van der Waals surface area contributed by atoms with Crippen LogP contribution in [0.25, 0.3) is 0 Å². The molecule has 0 aliphatic carbocycles. The summed E-state index contributed by atoms with van der Waals surface area (Å²) < 4.78 is 56.6. The fourth-order valence-corrected chi connectivity index (χ4v) is 7.98. The number of benzene rings is 2. The molecule has 1 spiro atoms. The van der Waals surface area contributed by atoms with Gasteiger partial charge in [-0.2, -0.15) is 8.61 Å². The molecule has 2 fully saturated rings. The molecule has 2 saturated heterocycles. The molecule has 172 valence electrons. The Labute approximate surface area is 191 Å². The molecule has 4 rings (SSSR count). The molecule has 2 aromatic rings. The summed E-state index contributed by atoms with van der Waals surface area (Å²) in [5, 5.41) is 0. The van der Waals surface area contributed by atoms with Gasteiger partial charge in [-0.1, -0.05) is 47.5 Å². The van der Waals surface area contributed by atoms with Crippen molar-refractivity contribution in [1.29, 1.82) is 0 Å². The molecule has 2 aliphatic heterocycles. The molecule has 6 nitrogen and oxygen atoms in total. The van der Waals surface area contributed by atoms with Crippen molar-refractivity contribution in [2.24, 2.45) is 0 Å². The van der Waals surface area contributed by atoms with Crippen molar-refractivity contribution >= 4 is 20.0 Å². The number of hydrogen-bond acceptors (Lipinski definition) is 4. The fourth-order valence-electron chi connectivity index (χ4n) is 4.66. The quantitative estimate of drug-likeness (QED) is 0.631. The first-order chi connectivity index (χ1) is 15.0. The standard InChI is InChI=1S/C24H30N2O4S2/c1-19-4-8-22(9-5-19)31(27,28)25-16-14-24(15-17-25)13-12-21(3)18-26(24)32(29,30)23-10-6-20(2)7-11-23/h4-11H,3,12-18H2,1-2H3. The number of sulfonamides is 2. The highest BCUT2D eigenvalue weighted by molar-refractivity contribution is 7.89. The Bertz CT molecular complexity index is 1210. The molecule has 0 unspecified atom stereocenters. The van der Waals surface area contributed by atoms with Gasteiger partial charge in [-0.3, -0.25) is 0 Å². The topological polar surface area (TPSA) is 74.8 Å². The predicted molar refractivity (Wildman–Crippen MR) is 125 cm³/mol. The second-order valence-electron chi connectivity index (χ2n) is 9.02. The molecule has 0 N–H and O–H groups in total. The van der Waals surface area contributed by atoms with E-state index in [0.717, 1.165) is 23.1 Å². The normalized spacial score (nSPS) is 20.5. The maximum atomic E-state index is 13.6. The van der Waals surface area contributed by atoms with E-state index >= 15 is 0 Å². The summed E-state index contributed by atoms with van der Waals surface area (Å²) in [7, 11) is -7.33. The van der Waals surface area contributed by atoms with E-state index < -0.39 is 25.6 Å². The van der Waals surface area contributed by atoms with Crippen LogP contribution in [0, 0.1) is 13.8 Å². The first-order valence-corrected chi connectivity index (χ1v) is 13.8. The van der Waals surface area contributed by atoms with Gasteiger partial charge >= 0.3 is 0 Å². The molecule has 0 radical (unpaired) electrons. The van der Waals surface area contributed by atoms with Crippen molar-refractivity contribution in [3.63, 3.8) is 0 Å². The maximum Gasteiger partial charge on any atom is 0.243 e. The van der Waals surface area contributed by atoms with E-state index in [1.54, 1.807) is 52.8 Å². The third-order valence-corrected chi connectivity index (χ3v) is 10.6. The van der Waals surface area contributed by atoms with E-state index in [0.29, 0.717) is 32.4 Å². The van der Waals surface area contributed by atoms with E-state index in [9.17, 15) is 16.8 Å². The van der Waals surface area contributed by atoms with Crippen LogP contribution >= 0.6 is 0 Å². The summed E-state index contributed by atoms with van der Waals surface area (Å²) in [6.45, 7) is 8.76. The van der Waals surface area contributed by atoms with Gasteiger partial charge in [-0.15, -0.1) is 0 Å². The van der Waals surface area contributed by atoms with Crippen molar-refractivity contribution in [3.05, 3.63) is 71.8 Å². The summed E-state index contributed by atoms with van der Waals surface area (Å²) in [6.07, 6.45) is 2.35. The maximum absolute atomic E-state index is 13.6. The zero-order chi connectivity index (χ0) is 23.1. The summed E-state index contributed by atoms with van der Waals surface area (Å²) >= 11 is 0. The highest BCUT2D eigenvalue weighted by Crippen LogP contribution is 2.42. The summed E-state index contributed by atoms with van der Waals surface area (Å²) in [5.74, 6) is 0. The average Bonchev–Trinajstić information content (AvgIpc) is 2.76. The summed E-state index contributed by atoms with van der Waals surface area (Å²) in [4.78, 5) is 0.548. The zero-order valence-electron chi connectivity index (χ0n) is 18.6. The van der Waals surface area contributed by atoms with E-state index in [1.807, 2.05) is 13.8 Å². The molecule has 0 saturated carbocycles. The minimum atomic E-state index is -3.73. The van der Waals surface area contributed by atoms with Gasteiger partial charge in [0.15, 0.2) is 0 Å². The smallest absolute Gasteiger partial charge is 0.207 e. The van der Waals surface area contributed by atoms with Crippen LogP contribution in [-0.2, 0) is 20.0 Å². The van der Waals surface area contributed by atoms with E-state index in [-0.39, 0.29) is 16.3 Å². The van der Waals surface area contributed by atoms with Crippen molar-refractivity contribution in [2.75, 3.05) is 19.6 Å². The molecule has 0 atom stereocenters. The number of aryl methyl sites for hydroxylation is 2. The minimum absolute atomic E-state index is 0.270. The molecule has 0 bridgehead atoms. The van der Waals surface area contributed by atoms with Gasteiger partial charge in [-0.25, -0.2) is 16.8 Å². The fraction of sp³-hybridized carbons (Fsp3) is 0.417. The third kappa shape index (κ3) is 4.17. The van der Waals surface area contributed by atoms with E-state index in [1.165, 1.54) is 4.31 Å². The van der Waals surface area contributed by atoms with Gasteiger partial charge < -0.3 is 0 Å². The van der Waals surface area contributed by atoms with Crippen LogP contribution in [-0.4, -0.2) is 50.6 Å². The van der Waals surface area contributed by atoms with Crippen molar-refractivity contribution < 1.29 is 16.8 Å². The molecular formula is C24H30N2O4S2. The summed E-state index contributed by atoms with van der Waals surface area (Å²) in [5.41, 5.74) is 2.29. The Kier molecular flexibility index (Phi) is 6.09. The first kappa shape index (κ1) is 23.2. The third-order valence-electron chi connectivity index (χ3n) is 6.76. The molecule has 0 aromatic heterocycles. The number of piperidine rings is 2. The first-order valence-electron chi connectivity index (χ1n) is 10.9.